The summed E-state index contributed by atoms with van der Waals surface area (Å²) in [7, 11) is 0. The van der Waals surface area contributed by atoms with E-state index in [-0.39, 0.29) is 28.9 Å². The molecule has 0 unspecified atom stereocenters. The monoisotopic (exact) mass is 236 g/mol. The van der Waals surface area contributed by atoms with E-state index in [1.54, 1.807) is 23.1 Å². The van der Waals surface area contributed by atoms with Gasteiger partial charge in [0.05, 0.1) is 30.5 Å². The molecule has 17 heavy (non-hydrogen) atoms. The standard InChI is InChI=1S/C12H16N2O3/c1-8-7-17-6-5-14(8)12(16)9-3-2-4-10(13)11(9)15/h2-4,8,15H,5-7,13H2,1H3/t8-/m1/s1. The number of aromatic hydroxyl groups is 1. The Labute approximate surface area is 99.8 Å². The Bertz CT molecular complexity index is 434. The Morgan fingerprint density at radius 2 is 2.35 bits per heavy atom. The molecule has 1 heterocycles. The topological polar surface area (TPSA) is 75.8 Å². The van der Waals surface area contributed by atoms with E-state index in [0.29, 0.717) is 19.8 Å². The number of nitrogens with two attached hydrogens (primary N) is 1. The van der Waals surface area contributed by atoms with Gasteiger partial charge in [-0.15, -0.1) is 0 Å². The van der Waals surface area contributed by atoms with Crippen LogP contribution in [0, 0.1) is 0 Å². The zero-order chi connectivity index (χ0) is 12.4. The van der Waals surface area contributed by atoms with E-state index in [0.717, 1.165) is 0 Å². The molecule has 1 aliphatic heterocycles. The number of hydrogen-bond acceptors (Lipinski definition) is 4. The number of ether oxygens (including phenoxy) is 1. The van der Waals surface area contributed by atoms with Crippen LogP contribution in [0.2, 0.25) is 0 Å². The van der Waals surface area contributed by atoms with Crippen molar-refractivity contribution >= 4 is 11.6 Å². The summed E-state index contributed by atoms with van der Waals surface area (Å²) in [5.74, 6) is -0.346. The van der Waals surface area contributed by atoms with Gasteiger partial charge in [-0.25, -0.2) is 0 Å². The molecule has 5 nitrogen and oxygen atoms in total. The summed E-state index contributed by atoms with van der Waals surface area (Å²) in [6.45, 7) is 3.50. The molecule has 0 bridgehead atoms. The van der Waals surface area contributed by atoms with Gasteiger partial charge in [-0.05, 0) is 19.1 Å². The average molecular weight is 236 g/mol. The van der Waals surface area contributed by atoms with E-state index in [4.69, 9.17) is 10.5 Å². The quantitative estimate of drug-likeness (QED) is 0.559. The molecule has 92 valence electrons. The number of carbonyl (C=O) groups is 1. The van der Waals surface area contributed by atoms with Crippen LogP contribution in [0.4, 0.5) is 5.69 Å². The van der Waals surface area contributed by atoms with Gasteiger partial charge in [0.15, 0.2) is 5.75 Å². The predicted molar refractivity (Wildman–Crippen MR) is 63.8 cm³/mol. The average Bonchev–Trinajstić information content (AvgIpc) is 2.32. The van der Waals surface area contributed by atoms with Crippen molar-refractivity contribution in [1.29, 1.82) is 0 Å². The molecule has 0 aliphatic carbocycles. The Morgan fingerprint density at radius 1 is 1.59 bits per heavy atom. The van der Waals surface area contributed by atoms with E-state index < -0.39 is 0 Å². The first-order valence-corrected chi connectivity index (χ1v) is 5.57. The lowest BCUT2D eigenvalue weighted by Crippen LogP contribution is -2.47. The van der Waals surface area contributed by atoms with Crippen molar-refractivity contribution in [2.75, 3.05) is 25.5 Å². The summed E-state index contributed by atoms with van der Waals surface area (Å²) in [5.41, 5.74) is 6.05. The number of para-hydroxylation sites is 1. The van der Waals surface area contributed by atoms with E-state index in [9.17, 15) is 9.90 Å². The number of hydrogen-bond donors (Lipinski definition) is 2. The fourth-order valence-electron chi connectivity index (χ4n) is 1.92. The maximum atomic E-state index is 12.2. The van der Waals surface area contributed by atoms with Gasteiger partial charge < -0.3 is 20.5 Å². The largest absolute Gasteiger partial charge is 0.505 e. The van der Waals surface area contributed by atoms with Crippen molar-refractivity contribution in [1.82, 2.24) is 4.90 Å². The molecule has 1 amide bonds. The van der Waals surface area contributed by atoms with Crippen molar-refractivity contribution in [3.8, 4) is 5.75 Å². The molecule has 1 saturated heterocycles. The number of phenolic OH excluding ortho intramolecular Hbond substituents is 1. The minimum absolute atomic E-state index is 0.0112. The van der Waals surface area contributed by atoms with Crippen molar-refractivity contribution in [2.24, 2.45) is 0 Å². The Hall–Kier alpha value is -1.75. The maximum Gasteiger partial charge on any atom is 0.258 e. The molecule has 1 aliphatic rings. The maximum absolute atomic E-state index is 12.2. The minimum atomic E-state index is -0.203. The van der Waals surface area contributed by atoms with Crippen molar-refractivity contribution < 1.29 is 14.6 Å². The van der Waals surface area contributed by atoms with Gasteiger partial charge in [0.1, 0.15) is 0 Å². The first-order valence-electron chi connectivity index (χ1n) is 5.57. The number of rotatable bonds is 1. The van der Waals surface area contributed by atoms with Gasteiger partial charge in [-0.2, -0.15) is 0 Å². The highest BCUT2D eigenvalue weighted by Crippen LogP contribution is 2.26. The molecule has 1 aromatic carbocycles. The number of phenols is 1. The van der Waals surface area contributed by atoms with E-state index in [1.807, 2.05) is 6.92 Å². The first kappa shape index (κ1) is 11.7. The Kier molecular flexibility index (Phi) is 3.19. The molecule has 0 spiro atoms. The zero-order valence-electron chi connectivity index (χ0n) is 9.72. The summed E-state index contributed by atoms with van der Waals surface area (Å²) >= 11 is 0. The van der Waals surface area contributed by atoms with Crippen molar-refractivity contribution in [3.05, 3.63) is 23.8 Å². The number of benzene rings is 1. The number of morpholine rings is 1. The highest BCUT2D eigenvalue weighted by Gasteiger charge is 2.26. The summed E-state index contributed by atoms with van der Waals surface area (Å²) in [6, 6.07) is 4.82. The second-order valence-electron chi connectivity index (χ2n) is 4.17. The highest BCUT2D eigenvalue weighted by atomic mass is 16.5. The molecule has 1 atom stereocenters. The Balaban J connectivity index is 2.27. The second-order valence-corrected chi connectivity index (χ2v) is 4.17. The van der Waals surface area contributed by atoms with Crippen LogP contribution < -0.4 is 5.73 Å². The van der Waals surface area contributed by atoms with E-state index in [1.165, 1.54) is 0 Å². The van der Waals surface area contributed by atoms with Crippen LogP contribution in [-0.4, -0.2) is 41.7 Å². The number of carbonyl (C=O) groups excluding carboxylic acids is 1. The smallest absolute Gasteiger partial charge is 0.258 e. The summed E-state index contributed by atoms with van der Waals surface area (Å²) < 4.78 is 5.27. The summed E-state index contributed by atoms with van der Waals surface area (Å²) in [5, 5.41) is 9.78. The van der Waals surface area contributed by atoms with Gasteiger partial charge in [-0.1, -0.05) is 6.07 Å². The SMILES string of the molecule is C[C@@H]1COCCN1C(=O)c1cccc(N)c1O. The lowest BCUT2D eigenvalue weighted by atomic mass is 10.1. The third kappa shape index (κ3) is 2.19. The van der Waals surface area contributed by atoms with Gasteiger partial charge in [0, 0.05) is 6.54 Å². The summed E-state index contributed by atoms with van der Waals surface area (Å²) in [4.78, 5) is 13.9. The first-order chi connectivity index (χ1) is 8.11. The molecule has 1 fully saturated rings. The summed E-state index contributed by atoms with van der Waals surface area (Å²) in [6.07, 6.45) is 0. The number of nitrogens with zero attached hydrogens (tertiary/aromatic N) is 1. The van der Waals surface area contributed by atoms with Crippen LogP contribution in [0.15, 0.2) is 18.2 Å². The lowest BCUT2D eigenvalue weighted by Gasteiger charge is -2.33. The number of amides is 1. The third-order valence-corrected chi connectivity index (χ3v) is 2.93. The van der Waals surface area contributed by atoms with Gasteiger partial charge in [-0.3, -0.25) is 4.79 Å². The number of anilines is 1. The van der Waals surface area contributed by atoms with Crippen LogP contribution in [0.5, 0.6) is 5.75 Å². The molecule has 2 rings (SSSR count). The lowest BCUT2D eigenvalue weighted by molar-refractivity contribution is 0.00345. The van der Waals surface area contributed by atoms with E-state index in [2.05, 4.69) is 0 Å². The normalized spacial score (nSPS) is 20.3. The molecule has 3 N–H and O–H groups in total. The van der Waals surface area contributed by atoms with Crippen LogP contribution >= 0.6 is 0 Å². The number of nitrogen functional groups attached to an aromatic ring is 1. The second kappa shape index (κ2) is 4.63. The molecule has 0 aromatic heterocycles. The van der Waals surface area contributed by atoms with Gasteiger partial charge >= 0.3 is 0 Å². The fourth-order valence-corrected chi connectivity index (χ4v) is 1.92. The van der Waals surface area contributed by atoms with Crippen LogP contribution in [-0.2, 0) is 4.74 Å². The third-order valence-electron chi connectivity index (χ3n) is 2.93. The Morgan fingerprint density at radius 3 is 3.06 bits per heavy atom. The fraction of sp³-hybridized carbons (Fsp3) is 0.417. The molecule has 0 saturated carbocycles. The van der Waals surface area contributed by atoms with Crippen LogP contribution in [0.3, 0.4) is 0 Å². The van der Waals surface area contributed by atoms with Crippen LogP contribution in [0.25, 0.3) is 0 Å². The van der Waals surface area contributed by atoms with Crippen LogP contribution in [0.1, 0.15) is 17.3 Å². The van der Waals surface area contributed by atoms with Gasteiger partial charge in [0.2, 0.25) is 0 Å². The molecular weight excluding hydrogens is 220 g/mol. The van der Waals surface area contributed by atoms with E-state index >= 15 is 0 Å². The predicted octanol–water partition coefficient (Wildman–Crippen LogP) is 0.835. The van der Waals surface area contributed by atoms with Crippen molar-refractivity contribution in [2.45, 2.75) is 13.0 Å². The molecule has 5 heteroatoms. The zero-order valence-corrected chi connectivity index (χ0v) is 9.72. The molecule has 0 radical (unpaired) electrons. The minimum Gasteiger partial charge on any atom is -0.505 e. The highest BCUT2D eigenvalue weighted by molar-refractivity contribution is 5.98. The van der Waals surface area contributed by atoms with Gasteiger partial charge in [0.25, 0.3) is 5.91 Å². The molecule has 1 aromatic rings. The van der Waals surface area contributed by atoms with Crippen molar-refractivity contribution in [3.63, 3.8) is 0 Å². The molecular formula is C12H16N2O3.